The van der Waals surface area contributed by atoms with Crippen LogP contribution >= 0.6 is 0 Å². The first-order chi connectivity index (χ1) is 8.22. The fourth-order valence-corrected chi connectivity index (χ4v) is 3.26. The summed E-state index contributed by atoms with van der Waals surface area (Å²) in [6.45, 7) is 3.04. The number of benzene rings is 1. The second-order valence-electron chi connectivity index (χ2n) is 5.21. The Bertz CT molecular complexity index is 412. The van der Waals surface area contributed by atoms with Crippen molar-refractivity contribution in [3.05, 3.63) is 29.8 Å². The van der Waals surface area contributed by atoms with Gasteiger partial charge in [-0.15, -0.1) is 0 Å². The van der Waals surface area contributed by atoms with Gasteiger partial charge < -0.3 is 14.7 Å². The predicted octanol–water partition coefficient (Wildman–Crippen LogP) is 1.61. The summed E-state index contributed by atoms with van der Waals surface area (Å²) in [5, 5.41) is 11.0. The summed E-state index contributed by atoms with van der Waals surface area (Å²) in [5.74, 6) is 1.23. The smallest absolute Gasteiger partial charge is 0.119 e. The Morgan fingerprint density at radius 3 is 2.71 bits per heavy atom. The van der Waals surface area contributed by atoms with Gasteiger partial charge in [0.25, 0.3) is 0 Å². The standard InChI is InChI=1S/C14H19NO2/c1-17-13-4-2-3-12(9-13)14(16)10-15-7-5-11(14)6-8-15/h2-4,9,11,16H,5-8,10H2,1H3. The third kappa shape index (κ3) is 1.74. The Kier molecular flexibility index (Phi) is 2.60. The Balaban J connectivity index is 1.96. The van der Waals surface area contributed by atoms with E-state index in [1.165, 1.54) is 0 Å². The third-order valence-electron chi connectivity index (χ3n) is 4.30. The van der Waals surface area contributed by atoms with Gasteiger partial charge in [0, 0.05) is 6.54 Å². The fourth-order valence-electron chi connectivity index (χ4n) is 3.26. The van der Waals surface area contributed by atoms with Gasteiger partial charge >= 0.3 is 0 Å². The van der Waals surface area contributed by atoms with E-state index in [2.05, 4.69) is 4.90 Å². The van der Waals surface area contributed by atoms with Crippen LogP contribution in [0.3, 0.4) is 0 Å². The Labute approximate surface area is 102 Å². The molecule has 3 saturated heterocycles. The number of hydrogen-bond donors (Lipinski definition) is 1. The van der Waals surface area contributed by atoms with E-state index >= 15 is 0 Å². The zero-order valence-electron chi connectivity index (χ0n) is 10.2. The molecule has 1 atom stereocenters. The van der Waals surface area contributed by atoms with Crippen molar-refractivity contribution in [2.45, 2.75) is 18.4 Å². The number of rotatable bonds is 2. The number of fused-ring (bicyclic) bond motifs is 3. The maximum Gasteiger partial charge on any atom is 0.119 e. The number of hydrogen-bond acceptors (Lipinski definition) is 3. The molecule has 1 N–H and O–H groups in total. The summed E-state index contributed by atoms with van der Waals surface area (Å²) in [4.78, 5) is 2.36. The van der Waals surface area contributed by atoms with Crippen LogP contribution in [0.5, 0.6) is 5.75 Å². The lowest BCUT2D eigenvalue weighted by molar-refractivity contribution is -0.117. The maximum absolute atomic E-state index is 11.0. The summed E-state index contributed by atoms with van der Waals surface area (Å²) in [5.41, 5.74) is 0.330. The molecule has 4 rings (SSSR count). The molecule has 1 aromatic carbocycles. The van der Waals surface area contributed by atoms with Gasteiger partial charge in [0.1, 0.15) is 11.4 Å². The minimum Gasteiger partial charge on any atom is -0.497 e. The van der Waals surface area contributed by atoms with Gasteiger partial charge in [-0.05, 0) is 49.5 Å². The highest BCUT2D eigenvalue weighted by Crippen LogP contribution is 2.42. The topological polar surface area (TPSA) is 32.7 Å². The molecule has 0 spiro atoms. The number of nitrogens with zero attached hydrogens (tertiary/aromatic N) is 1. The molecule has 0 radical (unpaired) electrons. The Morgan fingerprint density at radius 1 is 1.35 bits per heavy atom. The molecular formula is C14H19NO2. The van der Waals surface area contributed by atoms with Gasteiger partial charge in [-0.3, -0.25) is 0 Å². The molecule has 17 heavy (non-hydrogen) atoms. The van der Waals surface area contributed by atoms with E-state index in [0.717, 1.165) is 43.8 Å². The highest BCUT2D eigenvalue weighted by molar-refractivity contribution is 5.34. The SMILES string of the molecule is COc1cccc(C2(O)CN3CCC2CC3)c1. The van der Waals surface area contributed by atoms with Crippen LogP contribution in [0.4, 0.5) is 0 Å². The number of methoxy groups -OCH3 is 1. The second kappa shape index (κ2) is 4.00. The number of piperidine rings is 3. The molecule has 0 aromatic heterocycles. The van der Waals surface area contributed by atoms with Crippen molar-refractivity contribution in [2.24, 2.45) is 5.92 Å². The quantitative estimate of drug-likeness (QED) is 0.842. The van der Waals surface area contributed by atoms with E-state index in [1.807, 2.05) is 24.3 Å². The molecule has 3 heterocycles. The summed E-state index contributed by atoms with van der Waals surface area (Å²) in [6.07, 6.45) is 2.21. The molecule has 2 bridgehead atoms. The Hall–Kier alpha value is -1.06. The highest BCUT2D eigenvalue weighted by Gasteiger charge is 2.46. The predicted molar refractivity (Wildman–Crippen MR) is 66.1 cm³/mol. The largest absolute Gasteiger partial charge is 0.497 e. The van der Waals surface area contributed by atoms with Crippen molar-refractivity contribution < 1.29 is 9.84 Å². The minimum absolute atomic E-state index is 0.402. The fraction of sp³-hybridized carbons (Fsp3) is 0.571. The van der Waals surface area contributed by atoms with Crippen LogP contribution in [0.15, 0.2) is 24.3 Å². The molecule has 3 fully saturated rings. The first-order valence-electron chi connectivity index (χ1n) is 6.31. The van der Waals surface area contributed by atoms with Crippen LogP contribution in [-0.2, 0) is 5.60 Å². The average molecular weight is 233 g/mol. The van der Waals surface area contributed by atoms with Crippen LogP contribution in [0.25, 0.3) is 0 Å². The summed E-state index contributed by atoms with van der Waals surface area (Å²) in [6, 6.07) is 7.88. The van der Waals surface area contributed by atoms with Crippen LogP contribution in [0.1, 0.15) is 18.4 Å². The van der Waals surface area contributed by atoms with Crippen LogP contribution in [0.2, 0.25) is 0 Å². The zero-order valence-corrected chi connectivity index (χ0v) is 10.2. The normalized spacial score (nSPS) is 35.9. The van der Waals surface area contributed by atoms with Gasteiger partial charge in [0.2, 0.25) is 0 Å². The van der Waals surface area contributed by atoms with Crippen LogP contribution in [-0.4, -0.2) is 36.8 Å². The molecule has 3 nitrogen and oxygen atoms in total. The lowest BCUT2D eigenvalue weighted by Gasteiger charge is -2.50. The van der Waals surface area contributed by atoms with Crippen molar-refractivity contribution in [2.75, 3.05) is 26.7 Å². The monoisotopic (exact) mass is 233 g/mol. The summed E-state index contributed by atoms with van der Waals surface area (Å²) >= 11 is 0. The van der Waals surface area contributed by atoms with Gasteiger partial charge in [0.05, 0.1) is 7.11 Å². The average Bonchev–Trinajstić information content (AvgIpc) is 2.40. The summed E-state index contributed by atoms with van der Waals surface area (Å²) in [7, 11) is 1.67. The van der Waals surface area contributed by atoms with Gasteiger partial charge in [-0.25, -0.2) is 0 Å². The van der Waals surface area contributed by atoms with Gasteiger partial charge in [-0.2, -0.15) is 0 Å². The lowest BCUT2D eigenvalue weighted by Crippen LogP contribution is -2.57. The van der Waals surface area contributed by atoms with Crippen molar-refractivity contribution in [1.82, 2.24) is 4.90 Å². The molecule has 3 heteroatoms. The minimum atomic E-state index is -0.676. The van der Waals surface area contributed by atoms with E-state index < -0.39 is 5.60 Å². The van der Waals surface area contributed by atoms with E-state index in [9.17, 15) is 5.11 Å². The molecule has 92 valence electrons. The summed E-state index contributed by atoms with van der Waals surface area (Å²) < 4.78 is 5.25. The second-order valence-corrected chi connectivity index (χ2v) is 5.21. The lowest BCUT2D eigenvalue weighted by atomic mass is 9.72. The number of aliphatic hydroxyl groups is 1. The molecule has 0 saturated carbocycles. The number of ether oxygens (including phenoxy) is 1. The molecule has 0 aliphatic carbocycles. The van der Waals surface area contributed by atoms with Crippen molar-refractivity contribution in [3.63, 3.8) is 0 Å². The molecular weight excluding hydrogens is 214 g/mol. The first kappa shape index (κ1) is 11.1. The zero-order chi connectivity index (χ0) is 11.9. The van der Waals surface area contributed by atoms with Gasteiger partial charge in [-0.1, -0.05) is 12.1 Å². The Morgan fingerprint density at radius 2 is 2.12 bits per heavy atom. The molecule has 3 aliphatic rings. The first-order valence-corrected chi connectivity index (χ1v) is 6.31. The van der Waals surface area contributed by atoms with Crippen molar-refractivity contribution >= 4 is 0 Å². The van der Waals surface area contributed by atoms with Crippen LogP contribution in [0, 0.1) is 5.92 Å². The van der Waals surface area contributed by atoms with Crippen molar-refractivity contribution in [3.8, 4) is 5.75 Å². The molecule has 1 unspecified atom stereocenters. The van der Waals surface area contributed by atoms with Crippen molar-refractivity contribution in [1.29, 1.82) is 0 Å². The van der Waals surface area contributed by atoms with Crippen LogP contribution < -0.4 is 4.74 Å². The van der Waals surface area contributed by atoms with E-state index in [0.29, 0.717) is 5.92 Å². The maximum atomic E-state index is 11.0. The van der Waals surface area contributed by atoms with E-state index in [1.54, 1.807) is 7.11 Å². The molecule has 0 amide bonds. The third-order valence-corrected chi connectivity index (χ3v) is 4.30. The van der Waals surface area contributed by atoms with Gasteiger partial charge in [0.15, 0.2) is 0 Å². The van der Waals surface area contributed by atoms with E-state index in [4.69, 9.17) is 4.74 Å². The van der Waals surface area contributed by atoms with E-state index in [-0.39, 0.29) is 0 Å². The molecule has 1 aromatic rings. The molecule has 3 aliphatic heterocycles. The highest BCUT2D eigenvalue weighted by atomic mass is 16.5.